The van der Waals surface area contributed by atoms with Crippen molar-refractivity contribution in [1.29, 1.82) is 0 Å². The van der Waals surface area contributed by atoms with Gasteiger partial charge in [-0.05, 0) is 54.0 Å². The maximum absolute atomic E-state index is 12.8. The van der Waals surface area contributed by atoms with Crippen LogP contribution in [0.15, 0.2) is 48.5 Å². The van der Waals surface area contributed by atoms with Crippen molar-refractivity contribution in [2.24, 2.45) is 0 Å². The van der Waals surface area contributed by atoms with E-state index in [1.54, 1.807) is 6.92 Å². The number of fused-ring (bicyclic) bond motifs is 1. The number of aryl methyl sites for hydroxylation is 1. The Morgan fingerprint density at radius 1 is 1.10 bits per heavy atom. The Morgan fingerprint density at radius 3 is 2.62 bits per heavy atom. The summed E-state index contributed by atoms with van der Waals surface area (Å²) in [4.78, 5) is 14.2. The number of tetrazole rings is 1. The van der Waals surface area contributed by atoms with Crippen molar-refractivity contribution in [2.45, 2.75) is 58.0 Å². The number of rotatable bonds is 5. The number of aromatic nitrogens is 4. The van der Waals surface area contributed by atoms with E-state index in [-0.39, 0.29) is 11.9 Å². The summed E-state index contributed by atoms with van der Waals surface area (Å²) < 4.78 is 0. The number of nitrogens with one attached hydrogen (secondary N) is 1. The molecule has 0 fully saturated rings. The van der Waals surface area contributed by atoms with Crippen LogP contribution in [0.2, 0.25) is 0 Å². The molecule has 2 aromatic carbocycles. The van der Waals surface area contributed by atoms with E-state index >= 15 is 0 Å². The molecule has 0 spiro atoms. The molecule has 4 rings (SSSR count). The lowest BCUT2D eigenvalue weighted by atomic mass is 9.87. The molecule has 0 unspecified atom stereocenters. The number of nitrogens with zero attached hydrogens (tertiary/aromatic N) is 4. The topological polar surface area (TPSA) is 72.7 Å². The first-order valence-electron chi connectivity index (χ1n) is 10.3. The van der Waals surface area contributed by atoms with Crippen LogP contribution >= 0.6 is 0 Å². The molecule has 0 radical (unpaired) electrons. The molecule has 150 valence electrons. The third kappa shape index (κ3) is 4.06. The minimum atomic E-state index is -0.528. The molecular formula is C23H27N5O. The Labute approximate surface area is 171 Å². The quantitative estimate of drug-likeness (QED) is 0.709. The minimum Gasteiger partial charge on any atom is -0.347 e. The van der Waals surface area contributed by atoms with Crippen LogP contribution in [0.4, 0.5) is 0 Å². The molecule has 3 aromatic rings. The molecule has 1 aromatic heterocycles. The smallest absolute Gasteiger partial charge is 0.247 e. The maximum atomic E-state index is 12.8. The molecule has 1 heterocycles. The van der Waals surface area contributed by atoms with Crippen molar-refractivity contribution in [3.05, 3.63) is 65.2 Å². The minimum absolute atomic E-state index is 0.0430. The van der Waals surface area contributed by atoms with Crippen LogP contribution < -0.4 is 5.32 Å². The number of hydrogen-bond acceptors (Lipinski definition) is 4. The number of benzene rings is 2. The summed E-state index contributed by atoms with van der Waals surface area (Å²) in [5.41, 5.74) is 4.70. The van der Waals surface area contributed by atoms with Crippen molar-refractivity contribution >= 4 is 5.91 Å². The van der Waals surface area contributed by atoms with E-state index in [0.29, 0.717) is 11.7 Å². The van der Waals surface area contributed by atoms with Crippen molar-refractivity contribution in [1.82, 2.24) is 25.5 Å². The zero-order valence-corrected chi connectivity index (χ0v) is 17.2. The molecule has 1 amide bonds. The molecule has 6 nitrogen and oxygen atoms in total. The predicted molar refractivity (Wildman–Crippen MR) is 112 cm³/mol. The molecule has 1 aliphatic rings. The third-order valence-electron chi connectivity index (χ3n) is 5.68. The van der Waals surface area contributed by atoms with Crippen LogP contribution in [0.25, 0.3) is 11.4 Å². The summed E-state index contributed by atoms with van der Waals surface area (Å²) >= 11 is 0. The fourth-order valence-electron chi connectivity index (χ4n) is 3.82. The normalized spacial score (nSPS) is 17.0. The van der Waals surface area contributed by atoms with Crippen LogP contribution in [0.3, 0.4) is 0 Å². The molecule has 0 saturated carbocycles. The summed E-state index contributed by atoms with van der Waals surface area (Å²) in [6.45, 7) is 6.13. The van der Waals surface area contributed by atoms with Gasteiger partial charge in [-0.25, -0.2) is 0 Å². The van der Waals surface area contributed by atoms with Crippen LogP contribution in [0.1, 0.15) is 68.3 Å². The van der Waals surface area contributed by atoms with Crippen LogP contribution in [0, 0.1) is 0 Å². The van der Waals surface area contributed by atoms with Gasteiger partial charge >= 0.3 is 0 Å². The highest BCUT2D eigenvalue weighted by atomic mass is 16.2. The Morgan fingerprint density at radius 2 is 1.86 bits per heavy atom. The summed E-state index contributed by atoms with van der Waals surface area (Å²) in [5.74, 6) is 0.912. The highest BCUT2D eigenvalue weighted by Crippen LogP contribution is 2.29. The van der Waals surface area contributed by atoms with Crippen LogP contribution in [-0.4, -0.2) is 26.1 Å². The number of carbonyl (C=O) groups is 1. The summed E-state index contributed by atoms with van der Waals surface area (Å²) in [7, 11) is 0. The molecule has 1 N–H and O–H groups in total. The van der Waals surface area contributed by atoms with E-state index in [0.717, 1.165) is 24.8 Å². The van der Waals surface area contributed by atoms with Crippen molar-refractivity contribution in [3.63, 3.8) is 0 Å². The van der Waals surface area contributed by atoms with E-state index in [1.807, 2.05) is 18.2 Å². The van der Waals surface area contributed by atoms with Crippen LogP contribution in [-0.2, 0) is 11.2 Å². The molecule has 0 saturated heterocycles. The maximum Gasteiger partial charge on any atom is 0.247 e. The largest absolute Gasteiger partial charge is 0.347 e. The van der Waals surface area contributed by atoms with E-state index in [2.05, 4.69) is 64.9 Å². The van der Waals surface area contributed by atoms with E-state index < -0.39 is 6.04 Å². The second-order valence-electron chi connectivity index (χ2n) is 8.04. The molecule has 29 heavy (non-hydrogen) atoms. The van der Waals surface area contributed by atoms with Crippen molar-refractivity contribution in [3.8, 4) is 11.4 Å². The van der Waals surface area contributed by atoms with Gasteiger partial charge in [-0.2, -0.15) is 4.80 Å². The standard InChI is InChI=1S/C23H27N5O/c1-15(2)17-11-13-19(14-12-17)22-25-27-28(26-22)16(3)23(29)24-21-10-6-8-18-7-4-5-9-20(18)21/h4-5,7,9,11-16,21H,6,8,10H2,1-3H3,(H,24,29)/t16-,21+/m1/s1. The second-order valence-corrected chi connectivity index (χ2v) is 8.04. The molecule has 0 aliphatic heterocycles. The first-order chi connectivity index (χ1) is 14.0. The summed E-state index contributed by atoms with van der Waals surface area (Å²) in [6, 6.07) is 16.0. The Hall–Kier alpha value is -3.02. The van der Waals surface area contributed by atoms with Crippen molar-refractivity contribution in [2.75, 3.05) is 0 Å². The SMILES string of the molecule is CC(C)c1ccc(-c2nnn([C@H](C)C(=O)N[C@H]3CCCc4ccccc43)n2)cc1. The fraction of sp³-hybridized carbons (Fsp3) is 0.391. The summed E-state index contributed by atoms with van der Waals surface area (Å²) in [5, 5.41) is 15.9. The molecule has 0 bridgehead atoms. The van der Waals surface area contributed by atoms with Gasteiger partial charge < -0.3 is 5.32 Å². The summed E-state index contributed by atoms with van der Waals surface area (Å²) in [6.07, 6.45) is 3.10. The Kier molecular flexibility index (Phi) is 5.43. The predicted octanol–water partition coefficient (Wildman–Crippen LogP) is 4.22. The molecule has 2 atom stereocenters. The molecule has 1 aliphatic carbocycles. The monoisotopic (exact) mass is 389 g/mol. The number of hydrogen-bond donors (Lipinski definition) is 1. The average molecular weight is 390 g/mol. The van der Waals surface area contributed by atoms with Gasteiger partial charge in [-0.3, -0.25) is 4.79 Å². The van der Waals surface area contributed by atoms with Gasteiger partial charge in [0.1, 0.15) is 6.04 Å². The third-order valence-corrected chi connectivity index (χ3v) is 5.68. The molecule has 6 heteroatoms. The second kappa shape index (κ2) is 8.15. The van der Waals surface area contributed by atoms with Gasteiger partial charge in [0.15, 0.2) is 0 Å². The van der Waals surface area contributed by atoms with Gasteiger partial charge in [0.25, 0.3) is 0 Å². The lowest BCUT2D eigenvalue weighted by molar-refractivity contribution is -0.125. The zero-order valence-electron chi connectivity index (χ0n) is 17.2. The van der Waals surface area contributed by atoms with Crippen LogP contribution in [0.5, 0.6) is 0 Å². The highest BCUT2D eigenvalue weighted by molar-refractivity contribution is 5.80. The van der Waals surface area contributed by atoms with Gasteiger partial charge in [0.2, 0.25) is 11.7 Å². The molecular weight excluding hydrogens is 362 g/mol. The van der Waals surface area contributed by atoms with E-state index in [4.69, 9.17) is 0 Å². The zero-order chi connectivity index (χ0) is 20.4. The fourth-order valence-corrected chi connectivity index (χ4v) is 3.82. The van der Waals surface area contributed by atoms with Gasteiger partial charge in [0.05, 0.1) is 6.04 Å². The number of amides is 1. The first-order valence-corrected chi connectivity index (χ1v) is 10.3. The van der Waals surface area contributed by atoms with E-state index in [1.165, 1.54) is 21.5 Å². The Balaban J connectivity index is 1.46. The van der Waals surface area contributed by atoms with Gasteiger partial charge in [-0.15, -0.1) is 10.2 Å². The van der Waals surface area contributed by atoms with E-state index in [9.17, 15) is 4.79 Å². The van der Waals surface area contributed by atoms with Gasteiger partial charge in [-0.1, -0.05) is 62.4 Å². The lowest BCUT2D eigenvalue weighted by Crippen LogP contribution is -2.36. The van der Waals surface area contributed by atoms with Crippen molar-refractivity contribution < 1.29 is 4.79 Å². The number of carbonyl (C=O) groups excluding carboxylic acids is 1. The first kappa shape index (κ1) is 19.3. The highest BCUT2D eigenvalue weighted by Gasteiger charge is 2.25. The Bertz CT molecular complexity index is 993. The lowest BCUT2D eigenvalue weighted by Gasteiger charge is -2.27. The van der Waals surface area contributed by atoms with Gasteiger partial charge in [0, 0.05) is 5.56 Å². The average Bonchev–Trinajstić information content (AvgIpc) is 3.23.